The molecule has 0 aliphatic carbocycles. The lowest BCUT2D eigenvalue weighted by atomic mass is 10.0. The van der Waals surface area contributed by atoms with Crippen molar-refractivity contribution in [3.8, 4) is 0 Å². The van der Waals surface area contributed by atoms with Crippen LogP contribution >= 0.6 is 11.6 Å². The molecule has 1 aromatic carbocycles. The minimum absolute atomic E-state index is 0.144. The number of hydrogen-bond donors (Lipinski definition) is 1. The van der Waals surface area contributed by atoms with Crippen LogP contribution in [0.3, 0.4) is 0 Å². The zero-order chi connectivity index (χ0) is 14.9. The molecule has 4 nitrogen and oxygen atoms in total. The molecule has 1 aliphatic rings. The molecule has 1 aliphatic heterocycles. The number of amides is 2. The molecule has 0 radical (unpaired) electrons. The molecule has 0 saturated carbocycles. The van der Waals surface area contributed by atoms with Gasteiger partial charge >= 0.3 is 0 Å². The van der Waals surface area contributed by atoms with E-state index >= 15 is 0 Å². The van der Waals surface area contributed by atoms with E-state index in [2.05, 4.69) is 5.32 Å². The SMILES string of the molecule is CC(C)(C)NC(=O)[C@@H]1CCN(c2ccc(Cl)cc2)C1=O. The molecule has 5 heteroatoms. The highest BCUT2D eigenvalue weighted by atomic mass is 35.5. The molecular formula is C15H19ClN2O2. The predicted molar refractivity (Wildman–Crippen MR) is 79.8 cm³/mol. The molecule has 108 valence electrons. The van der Waals surface area contributed by atoms with Gasteiger partial charge in [0.25, 0.3) is 0 Å². The highest BCUT2D eigenvalue weighted by Crippen LogP contribution is 2.26. The van der Waals surface area contributed by atoms with Crippen molar-refractivity contribution in [1.82, 2.24) is 5.32 Å². The van der Waals surface area contributed by atoms with Crippen LogP contribution in [0.5, 0.6) is 0 Å². The van der Waals surface area contributed by atoms with Gasteiger partial charge in [-0.25, -0.2) is 0 Å². The van der Waals surface area contributed by atoms with Crippen LogP contribution in [0.25, 0.3) is 0 Å². The van der Waals surface area contributed by atoms with Gasteiger partial charge in [-0.15, -0.1) is 0 Å². The monoisotopic (exact) mass is 294 g/mol. The third-order valence-electron chi connectivity index (χ3n) is 3.16. The number of benzene rings is 1. The summed E-state index contributed by atoms with van der Waals surface area (Å²) in [5.74, 6) is -0.932. The zero-order valence-electron chi connectivity index (χ0n) is 11.9. The average molecular weight is 295 g/mol. The molecule has 1 heterocycles. The fourth-order valence-electron chi connectivity index (χ4n) is 2.26. The van der Waals surface area contributed by atoms with Crippen LogP contribution < -0.4 is 10.2 Å². The van der Waals surface area contributed by atoms with Gasteiger partial charge < -0.3 is 10.2 Å². The number of anilines is 1. The first-order valence-corrected chi connectivity index (χ1v) is 7.05. The molecule has 0 spiro atoms. The minimum Gasteiger partial charge on any atom is -0.351 e. The Kier molecular flexibility index (Phi) is 4.04. The van der Waals surface area contributed by atoms with Crippen molar-refractivity contribution in [2.45, 2.75) is 32.7 Å². The third kappa shape index (κ3) is 3.31. The van der Waals surface area contributed by atoms with Crippen molar-refractivity contribution in [3.63, 3.8) is 0 Å². The van der Waals surface area contributed by atoms with Crippen LogP contribution in [0.1, 0.15) is 27.2 Å². The number of hydrogen-bond acceptors (Lipinski definition) is 2. The number of nitrogens with one attached hydrogen (secondary N) is 1. The Morgan fingerprint density at radius 2 is 1.90 bits per heavy atom. The maximum atomic E-state index is 12.4. The zero-order valence-corrected chi connectivity index (χ0v) is 12.7. The predicted octanol–water partition coefficient (Wildman–Crippen LogP) is 2.61. The van der Waals surface area contributed by atoms with Crippen LogP contribution in [0.15, 0.2) is 24.3 Å². The van der Waals surface area contributed by atoms with E-state index in [0.29, 0.717) is 18.0 Å². The second-order valence-corrected chi connectivity index (χ2v) is 6.48. The van der Waals surface area contributed by atoms with E-state index in [9.17, 15) is 9.59 Å². The van der Waals surface area contributed by atoms with E-state index in [0.717, 1.165) is 5.69 Å². The highest BCUT2D eigenvalue weighted by molar-refractivity contribution is 6.30. The lowest BCUT2D eigenvalue weighted by Gasteiger charge is -2.23. The molecule has 1 N–H and O–H groups in total. The van der Waals surface area contributed by atoms with Crippen molar-refractivity contribution >= 4 is 29.1 Å². The van der Waals surface area contributed by atoms with E-state index in [-0.39, 0.29) is 17.4 Å². The maximum absolute atomic E-state index is 12.4. The van der Waals surface area contributed by atoms with Gasteiger partial charge in [0.05, 0.1) is 0 Å². The molecule has 0 aromatic heterocycles. The number of halogens is 1. The van der Waals surface area contributed by atoms with Crippen molar-refractivity contribution in [2.75, 3.05) is 11.4 Å². The van der Waals surface area contributed by atoms with Gasteiger partial charge in [0.1, 0.15) is 5.92 Å². The average Bonchev–Trinajstić information content (AvgIpc) is 2.70. The van der Waals surface area contributed by atoms with Gasteiger partial charge in [0.2, 0.25) is 11.8 Å². The lowest BCUT2D eigenvalue weighted by molar-refractivity contribution is -0.133. The highest BCUT2D eigenvalue weighted by Gasteiger charge is 2.38. The molecular weight excluding hydrogens is 276 g/mol. The first-order chi connectivity index (χ1) is 9.28. The summed E-state index contributed by atoms with van der Waals surface area (Å²) in [4.78, 5) is 26.1. The summed E-state index contributed by atoms with van der Waals surface area (Å²) in [5, 5.41) is 3.49. The molecule has 0 unspecified atom stereocenters. The van der Waals surface area contributed by atoms with Gasteiger partial charge in [0.15, 0.2) is 0 Å². The van der Waals surface area contributed by atoms with Crippen LogP contribution in [-0.4, -0.2) is 23.9 Å². The van der Waals surface area contributed by atoms with E-state index < -0.39 is 5.92 Å². The second-order valence-electron chi connectivity index (χ2n) is 6.05. The molecule has 1 fully saturated rings. The molecule has 0 bridgehead atoms. The van der Waals surface area contributed by atoms with Gasteiger partial charge in [-0.3, -0.25) is 9.59 Å². The second kappa shape index (κ2) is 5.44. The summed E-state index contributed by atoms with van der Waals surface area (Å²) < 4.78 is 0. The maximum Gasteiger partial charge on any atom is 0.239 e. The third-order valence-corrected chi connectivity index (χ3v) is 3.41. The minimum atomic E-state index is -0.593. The standard InChI is InChI=1S/C15H19ClN2O2/c1-15(2,3)17-13(19)12-8-9-18(14(12)20)11-6-4-10(16)5-7-11/h4-7,12H,8-9H2,1-3H3,(H,17,19)/t12-/m0/s1. The summed E-state index contributed by atoms with van der Waals surface area (Å²) in [6.07, 6.45) is 0.545. The molecule has 1 saturated heterocycles. The Labute approximate surface area is 124 Å². The van der Waals surface area contributed by atoms with Crippen molar-refractivity contribution in [2.24, 2.45) is 5.92 Å². The van der Waals surface area contributed by atoms with E-state index in [1.165, 1.54) is 0 Å². The molecule has 1 aromatic rings. The largest absolute Gasteiger partial charge is 0.351 e. The Bertz CT molecular complexity index is 520. The van der Waals surface area contributed by atoms with Gasteiger partial charge in [-0.2, -0.15) is 0 Å². The van der Waals surface area contributed by atoms with E-state index in [1.807, 2.05) is 20.8 Å². The van der Waals surface area contributed by atoms with Crippen molar-refractivity contribution in [3.05, 3.63) is 29.3 Å². The number of carbonyl (C=O) groups excluding carboxylic acids is 2. The summed E-state index contributed by atoms with van der Waals surface area (Å²) in [5.41, 5.74) is 0.455. The van der Waals surface area contributed by atoms with Gasteiger partial charge in [-0.05, 0) is 51.5 Å². The summed E-state index contributed by atoms with van der Waals surface area (Å²) in [6, 6.07) is 7.08. The van der Waals surface area contributed by atoms with Gasteiger partial charge in [-0.1, -0.05) is 11.6 Å². The molecule has 1 atom stereocenters. The van der Waals surface area contributed by atoms with E-state index in [1.54, 1.807) is 29.2 Å². The first kappa shape index (κ1) is 14.9. The Balaban J connectivity index is 2.09. The van der Waals surface area contributed by atoms with Crippen molar-refractivity contribution in [1.29, 1.82) is 0 Å². The molecule has 2 rings (SSSR count). The quantitative estimate of drug-likeness (QED) is 0.853. The van der Waals surface area contributed by atoms with E-state index in [4.69, 9.17) is 11.6 Å². The lowest BCUT2D eigenvalue weighted by Crippen LogP contribution is -2.45. The first-order valence-electron chi connectivity index (χ1n) is 6.67. The Morgan fingerprint density at radius 1 is 1.30 bits per heavy atom. The van der Waals surface area contributed by atoms with Crippen LogP contribution in [0, 0.1) is 5.92 Å². The summed E-state index contributed by atoms with van der Waals surface area (Å²) in [6.45, 7) is 6.27. The Morgan fingerprint density at radius 3 is 2.45 bits per heavy atom. The molecule has 20 heavy (non-hydrogen) atoms. The smallest absolute Gasteiger partial charge is 0.239 e. The molecule has 2 amide bonds. The van der Waals surface area contributed by atoms with Crippen molar-refractivity contribution < 1.29 is 9.59 Å². The van der Waals surface area contributed by atoms with Crippen LogP contribution in [0.4, 0.5) is 5.69 Å². The van der Waals surface area contributed by atoms with Gasteiger partial charge in [0, 0.05) is 22.8 Å². The van der Waals surface area contributed by atoms with Crippen LogP contribution in [0.2, 0.25) is 5.02 Å². The fraction of sp³-hybridized carbons (Fsp3) is 0.467. The normalized spacial score (nSPS) is 19.3. The topological polar surface area (TPSA) is 49.4 Å². The number of rotatable bonds is 2. The fourth-order valence-corrected chi connectivity index (χ4v) is 2.38. The summed E-state index contributed by atoms with van der Waals surface area (Å²) in [7, 11) is 0. The number of carbonyl (C=O) groups is 2. The summed E-state index contributed by atoms with van der Waals surface area (Å²) >= 11 is 5.84. The van der Waals surface area contributed by atoms with Crippen LogP contribution in [-0.2, 0) is 9.59 Å². The number of nitrogens with zero attached hydrogens (tertiary/aromatic N) is 1. The Hall–Kier alpha value is -1.55.